The molecule has 0 aliphatic heterocycles. The molecule has 0 aliphatic rings. The minimum absolute atomic E-state index is 0.138. The summed E-state index contributed by atoms with van der Waals surface area (Å²) in [7, 11) is 0. The van der Waals surface area contributed by atoms with E-state index in [0.29, 0.717) is 35.1 Å². The molecule has 0 bridgehead atoms. The smallest absolute Gasteiger partial charge is 0.227 e. The molecule has 4 rings (SSSR count). The summed E-state index contributed by atoms with van der Waals surface area (Å²) in [5.74, 6) is 1.88. The van der Waals surface area contributed by atoms with Gasteiger partial charge in [0, 0.05) is 24.6 Å². The van der Waals surface area contributed by atoms with Crippen LogP contribution in [-0.2, 0) is 11.2 Å². The number of fused-ring (bicyclic) bond motifs is 1. The Labute approximate surface area is 188 Å². The fourth-order valence-electron chi connectivity index (χ4n) is 3.34. The summed E-state index contributed by atoms with van der Waals surface area (Å²) in [4.78, 5) is 17.0. The van der Waals surface area contributed by atoms with E-state index in [1.165, 1.54) is 6.07 Å². The highest BCUT2D eigenvalue weighted by atomic mass is 32.2. The van der Waals surface area contributed by atoms with Gasteiger partial charge in [0.15, 0.2) is 11.5 Å². The standard InChI is InChI=1S/C22H23FN6O2S/c1-14-13-15(6-7-16(14)23)21-25-20(31-28-21)9-8-19(30)24-17(10-12-32-2)22-27-26-18-5-3-4-11-29(18)22/h3-7,11,13,17H,8-10,12H2,1-2H3,(H,24,30). The van der Waals surface area contributed by atoms with E-state index in [0.717, 1.165) is 17.8 Å². The average molecular weight is 455 g/mol. The van der Waals surface area contributed by atoms with Crippen LogP contribution >= 0.6 is 11.8 Å². The van der Waals surface area contributed by atoms with E-state index in [4.69, 9.17) is 4.52 Å². The third-order valence-electron chi connectivity index (χ3n) is 5.05. The van der Waals surface area contributed by atoms with E-state index in [-0.39, 0.29) is 24.2 Å². The number of aryl methyl sites for hydroxylation is 2. The molecular formula is C22H23FN6O2S. The molecule has 1 aromatic carbocycles. The van der Waals surface area contributed by atoms with Crippen LogP contribution in [0.3, 0.4) is 0 Å². The van der Waals surface area contributed by atoms with Gasteiger partial charge in [-0.05, 0) is 61.2 Å². The van der Waals surface area contributed by atoms with Crippen molar-refractivity contribution >= 4 is 23.3 Å². The fraction of sp³-hybridized carbons (Fsp3) is 0.318. The van der Waals surface area contributed by atoms with Crippen LogP contribution in [0.1, 0.15) is 36.2 Å². The van der Waals surface area contributed by atoms with Gasteiger partial charge in [-0.2, -0.15) is 16.7 Å². The highest BCUT2D eigenvalue weighted by Gasteiger charge is 2.20. The summed E-state index contributed by atoms with van der Waals surface area (Å²) in [6.07, 6.45) is 5.14. The Morgan fingerprint density at radius 3 is 2.97 bits per heavy atom. The Balaban J connectivity index is 1.40. The van der Waals surface area contributed by atoms with Crippen LogP contribution in [0.15, 0.2) is 47.1 Å². The second-order valence-electron chi connectivity index (χ2n) is 7.36. The molecule has 0 saturated heterocycles. The molecule has 3 heterocycles. The predicted octanol–water partition coefficient (Wildman–Crippen LogP) is 3.77. The van der Waals surface area contributed by atoms with Crippen LogP contribution < -0.4 is 5.32 Å². The number of pyridine rings is 1. The predicted molar refractivity (Wildman–Crippen MR) is 120 cm³/mol. The lowest BCUT2D eigenvalue weighted by molar-refractivity contribution is -0.122. The number of thioether (sulfide) groups is 1. The van der Waals surface area contributed by atoms with E-state index < -0.39 is 0 Å². The van der Waals surface area contributed by atoms with Crippen LogP contribution in [-0.4, -0.2) is 42.7 Å². The van der Waals surface area contributed by atoms with Gasteiger partial charge < -0.3 is 9.84 Å². The van der Waals surface area contributed by atoms with Crippen molar-refractivity contribution in [1.82, 2.24) is 30.1 Å². The molecular weight excluding hydrogens is 431 g/mol. The molecule has 0 aliphatic carbocycles. The Hall–Kier alpha value is -3.27. The molecule has 1 N–H and O–H groups in total. The number of halogens is 1. The molecule has 8 nitrogen and oxygen atoms in total. The summed E-state index contributed by atoms with van der Waals surface area (Å²) in [5.41, 5.74) is 1.91. The van der Waals surface area contributed by atoms with Crippen molar-refractivity contribution in [2.24, 2.45) is 0 Å². The maximum Gasteiger partial charge on any atom is 0.227 e. The first-order valence-electron chi connectivity index (χ1n) is 10.2. The molecule has 0 spiro atoms. The van der Waals surface area contributed by atoms with Gasteiger partial charge in [-0.25, -0.2) is 4.39 Å². The number of aromatic nitrogens is 5. The van der Waals surface area contributed by atoms with Crippen LogP contribution in [0.5, 0.6) is 0 Å². The van der Waals surface area contributed by atoms with Gasteiger partial charge in [0.05, 0.1) is 6.04 Å². The van der Waals surface area contributed by atoms with Crippen LogP contribution in [0.2, 0.25) is 0 Å². The lowest BCUT2D eigenvalue weighted by atomic mass is 10.1. The summed E-state index contributed by atoms with van der Waals surface area (Å²) < 4.78 is 20.6. The maximum absolute atomic E-state index is 13.5. The number of carbonyl (C=O) groups is 1. The molecule has 32 heavy (non-hydrogen) atoms. The first kappa shape index (κ1) is 21.9. The number of rotatable bonds is 9. The summed E-state index contributed by atoms with van der Waals surface area (Å²) >= 11 is 1.71. The van der Waals surface area contributed by atoms with Crippen molar-refractivity contribution in [1.29, 1.82) is 0 Å². The van der Waals surface area contributed by atoms with E-state index in [1.54, 1.807) is 30.8 Å². The molecule has 1 atom stereocenters. The number of nitrogens with zero attached hydrogens (tertiary/aromatic N) is 5. The highest BCUT2D eigenvalue weighted by molar-refractivity contribution is 7.98. The number of nitrogens with one attached hydrogen (secondary N) is 1. The first-order valence-corrected chi connectivity index (χ1v) is 11.6. The van der Waals surface area contributed by atoms with Crippen molar-refractivity contribution in [2.45, 2.75) is 32.2 Å². The Morgan fingerprint density at radius 1 is 1.28 bits per heavy atom. The number of benzene rings is 1. The lowest BCUT2D eigenvalue weighted by Crippen LogP contribution is -2.30. The summed E-state index contributed by atoms with van der Waals surface area (Å²) in [6, 6.07) is 10.1. The monoisotopic (exact) mass is 454 g/mol. The first-order chi connectivity index (χ1) is 15.5. The van der Waals surface area contributed by atoms with Gasteiger partial charge in [0.2, 0.25) is 17.6 Å². The van der Waals surface area contributed by atoms with E-state index >= 15 is 0 Å². The quantitative estimate of drug-likeness (QED) is 0.411. The Kier molecular flexibility index (Phi) is 6.79. The van der Waals surface area contributed by atoms with Gasteiger partial charge in [0.1, 0.15) is 5.82 Å². The number of carbonyl (C=O) groups excluding carboxylic acids is 1. The normalized spacial score (nSPS) is 12.2. The van der Waals surface area contributed by atoms with Crippen LogP contribution in [0, 0.1) is 12.7 Å². The molecule has 10 heteroatoms. The Bertz CT molecular complexity index is 1220. The molecule has 0 fully saturated rings. The summed E-state index contributed by atoms with van der Waals surface area (Å²) in [6.45, 7) is 1.68. The van der Waals surface area contributed by atoms with Crippen molar-refractivity contribution in [2.75, 3.05) is 12.0 Å². The average Bonchev–Trinajstić information content (AvgIpc) is 3.44. The Morgan fingerprint density at radius 2 is 2.16 bits per heavy atom. The van der Waals surface area contributed by atoms with Crippen LogP contribution in [0.4, 0.5) is 4.39 Å². The van der Waals surface area contributed by atoms with Gasteiger partial charge in [0.25, 0.3) is 0 Å². The third-order valence-corrected chi connectivity index (χ3v) is 5.69. The number of amides is 1. The van der Waals surface area contributed by atoms with Gasteiger partial charge in [-0.1, -0.05) is 11.2 Å². The second-order valence-corrected chi connectivity index (χ2v) is 8.35. The highest BCUT2D eigenvalue weighted by Crippen LogP contribution is 2.21. The second kappa shape index (κ2) is 9.90. The van der Waals surface area contributed by atoms with Crippen molar-refractivity contribution in [3.63, 3.8) is 0 Å². The third kappa shape index (κ3) is 4.96. The van der Waals surface area contributed by atoms with Crippen molar-refractivity contribution in [3.8, 4) is 11.4 Å². The number of hydrogen-bond donors (Lipinski definition) is 1. The lowest BCUT2D eigenvalue weighted by Gasteiger charge is -2.16. The molecule has 0 saturated carbocycles. The maximum atomic E-state index is 13.5. The molecule has 4 aromatic rings. The topological polar surface area (TPSA) is 98.2 Å². The minimum atomic E-state index is -0.286. The number of hydrogen-bond acceptors (Lipinski definition) is 7. The molecule has 1 unspecified atom stereocenters. The van der Waals surface area contributed by atoms with E-state index in [1.807, 2.05) is 35.1 Å². The SMILES string of the molecule is CSCCC(NC(=O)CCc1nc(-c2ccc(F)c(C)c2)no1)c1nnc2ccccn12. The van der Waals surface area contributed by atoms with E-state index in [9.17, 15) is 9.18 Å². The fourth-order valence-corrected chi connectivity index (χ4v) is 3.81. The van der Waals surface area contributed by atoms with Crippen molar-refractivity contribution in [3.05, 3.63) is 65.7 Å². The zero-order valence-electron chi connectivity index (χ0n) is 17.8. The van der Waals surface area contributed by atoms with Crippen LogP contribution in [0.25, 0.3) is 17.0 Å². The van der Waals surface area contributed by atoms with Gasteiger partial charge >= 0.3 is 0 Å². The van der Waals surface area contributed by atoms with E-state index in [2.05, 4.69) is 25.7 Å². The molecule has 3 aromatic heterocycles. The minimum Gasteiger partial charge on any atom is -0.346 e. The molecule has 0 radical (unpaired) electrons. The van der Waals surface area contributed by atoms with Gasteiger partial charge in [-0.15, -0.1) is 10.2 Å². The van der Waals surface area contributed by atoms with Crippen molar-refractivity contribution < 1.29 is 13.7 Å². The van der Waals surface area contributed by atoms with Gasteiger partial charge in [-0.3, -0.25) is 9.20 Å². The molecule has 166 valence electrons. The zero-order chi connectivity index (χ0) is 22.5. The zero-order valence-corrected chi connectivity index (χ0v) is 18.6. The largest absolute Gasteiger partial charge is 0.346 e. The molecule has 1 amide bonds. The summed E-state index contributed by atoms with van der Waals surface area (Å²) in [5, 5.41) is 15.5.